The minimum atomic E-state index is -0.458. The van der Waals surface area contributed by atoms with Gasteiger partial charge in [0.05, 0.1) is 12.8 Å². The van der Waals surface area contributed by atoms with Gasteiger partial charge in [-0.2, -0.15) is 0 Å². The molecule has 0 unspecified atom stereocenters. The first-order valence-electron chi connectivity index (χ1n) is 8.12. The van der Waals surface area contributed by atoms with Crippen LogP contribution in [0.2, 0.25) is 0 Å². The molecule has 1 aromatic carbocycles. The molecular weight excluding hydrogens is 368 g/mol. The van der Waals surface area contributed by atoms with Crippen LogP contribution in [0.3, 0.4) is 0 Å². The maximum absolute atomic E-state index is 13.1. The third-order valence-corrected chi connectivity index (χ3v) is 5.30. The zero-order valence-electron chi connectivity index (χ0n) is 14.5. The molecule has 2 heterocycles. The van der Waals surface area contributed by atoms with Crippen molar-refractivity contribution < 1.29 is 14.3 Å². The number of hydrogen-bond acceptors (Lipinski definition) is 5. The molecule has 1 aliphatic heterocycles. The van der Waals surface area contributed by atoms with Gasteiger partial charge in [-0.25, -0.2) is 0 Å². The van der Waals surface area contributed by atoms with Crippen molar-refractivity contribution in [3.8, 4) is 0 Å². The highest BCUT2D eigenvalue weighted by molar-refractivity contribution is 7.80. The Balaban J connectivity index is 2.00. The number of benzene rings is 1. The van der Waals surface area contributed by atoms with Gasteiger partial charge >= 0.3 is 5.97 Å². The van der Waals surface area contributed by atoms with E-state index < -0.39 is 5.97 Å². The summed E-state index contributed by atoms with van der Waals surface area (Å²) in [4.78, 5) is 28.8. The summed E-state index contributed by atoms with van der Waals surface area (Å²) in [5.41, 5.74) is 2.22. The first-order valence-corrected chi connectivity index (χ1v) is 9.41. The average Bonchev–Trinajstić information content (AvgIpc) is 3.24. The van der Waals surface area contributed by atoms with Crippen molar-refractivity contribution in [2.75, 3.05) is 18.6 Å². The van der Waals surface area contributed by atoms with Crippen LogP contribution in [-0.2, 0) is 20.7 Å². The predicted octanol–water partition coefficient (Wildman–Crippen LogP) is 3.46. The number of hydrogen-bond donors (Lipinski definition) is 0. The summed E-state index contributed by atoms with van der Waals surface area (Å²) in [6, 6.07) is 11.5. The fraction of sp³-hybridized carbons (Fsp3) is 0.211. The van der Waals surface area contributed by atoms with Crippen LogP contribution in [0.5, 0.6) is 0 Å². The van der Waals surface area contributed by atoms with Gasteiger partial charge in [-0.15, -0.1) is 11.3 Å². The lowest BCUT2D eigenvalue weighted by Crippen LogP contribution is -2.35. The Morgan fingerprint density at radius 1 is 1.27 bits per heavy atom. The van der Waals surface area contributed by atoms with Gasteiger partial charge in [0, 0.05) is 4.88 Å². The highest BCUT2D eigenvalue weighted by atomic mass is 32.1. The molecule has 26 heavy (non-hydrogen) atoms. The molecule has 134 valence electrons. The second kappa shape index (κ2) is 7.80. The molecule has 0 saturated carbocycles. The molecule has 1 amide bonds. The molecule has 0 atom stereocenters. The van der Waals surface area contributed by atoms with Crippen LogP contribution >= 0.6 is 23.6 Å². The van der Waals surface area contributed by atoms with Gasteiger partial charge in [-0.1, -0.05) is 25.1 Å². The minimum Gasteiger partial charge on any atom is -0.468 e. The SMILES string of the molecule is CCc1ccc(N2C(=O)/C(=C/c3cccs3)N(CC(=O)OC)C2=S)cc1. The molecule has 0 radical (unpaired) electrons. The molecule has 0 spiro atoms. The van der Waals surface area contributed by atoms with Crippen LogP contribution in [0.15, 0.2) is 47.5 Å². The second-order valence-electron chi connectivity index (χ2n) is 5.65. The van der Waals surface area contributed by atoms with E-state index in [4.69, 9.17) is 17.0 Å². The van der Waals surface area contributed by atoms with Crippen molar-refractivity contribution >= 4 is 52.3 Å². The quantitative estimate of drug-likeness (QED) is 0.447. The van der Waals surface area contributed by atoms with Crippen molar-refractivity contribution in [2.45, 2.75) is 13.3 Å². The normalized spacial score (nSPS) is 15.8. The maximum atomic E-state index is 13.1. The minimum absolute atomic E-state index is 0.109. The van der Waals surface area contributed by atoms with Crippen molar-refractivity contribution in [1.82, 2.24) is 4.90 Å². The molecule has 1 saturated heterocycles. The van der Waals surface area contributed by atoms with Crippen molar-refractivity contribution in [2.24, 2.45) is 0 Å². The second-order valence-corrected chi connectivity index (χ2v) is 6.99. The van der Waals surface area contributed by atoms with E-state index in [0.29, 0.717) is 11.4 Å². The molecule has 0 aliphatic carbocycles. The predicted molar refractivity (Wildman–Crippen MR) is 107 cm³/mol. The number of rotatable bonds is 5. The van der Waals surface area contributed by atoms with Gasteiger partial charge in [0.2, 0.25) is 0 Å². The van der Waals surface area contributed by atoms with Gasteiger partial charge in [0.1, 0.15) is 12.2 Å². The molecule has 7 heteroatoms. The summed E-state index contributed by atoms with van der Waals surface area (Å²) in [7, 11) is 1.31. The number of amides is 1. The van der Waals surface area contributed by atoms with Gasteiger partial charge in [-0.05, 0) is 53.9 Å². The van der Waals surface area contributed by atoms with Crippen LogP contribution in [-0.4, -0.2) is 35.5 Å². The third kappa shape index (κ3) is 3.54. The smallest absolute Gasteiger partial charge is 0.325 e. The molecule has 3 rings (SSSR count). The molecule has 1 aromatic heterocycles. The lowest BCUT2D eigenvalue weighted by Gasteiger charge is -2.19. The number of thiophene rings is 1. The number of methoxy groups -OCH3 is 1. The zero-order chi connectivity index (χ0) is 18.7. The summed E-state index contributed by atoms with van der Waals surface area (Å²) in [5, 5.41) is 2.20. The van der Waals surface area contributed by atoms with Gasteiger partial charge in [0.15, 0.2) is 5.11 Å². The van der Waals surface area contributed by atoms with Crippen LogP contribution in [0.1, 0.15) is 17.4 Å². The Kier molecular flexibility index (Phi) is 5.49. The fourth-order valence-corrected chi connectivity index (χ4v) is 3.65. The first-order chi connectivity index (χ1) is 12.5. The van der Waals surface area contributed by atoms with Crippen LogP contribution < -0.4 is 4.90 Å². The van der Waals surface area contributed by atoms with E-state index in [9.17, 15) is 9.59 Å². The van der Waals surface area contributed by atoms with Crippen molar-refractivity contribution in [3.63, 3.8) is 0 Å². The van der Waals surface area contributed by atoms with Crippen LogP contribution in [0.25, 0.3) is 6.08 Å². The van der Waals surface area contributed by atoms with E-state index >= 15 is 0 Å². The number of anilines is 1. The Hall–Kier alpha value is -2.51. The summed E-state index contributed by atoms with van der Waals surface area (Å²) >= 11 is 7.02. The monoisotopic (exact) mass is 386 g/mol. The van der Waals surface area contributed by atoms with E-state index in [-0.39, 0.29) is 17.6 Å². The summed E-state index contributed by atoms with van der Waals surface area (Å²) in [6.07, 6.45) is 2.67. The number of esters is 1. The number of thiocarbonyl (C=S) groups is 1. The lowest BCUT2D eigenvalue weighted by atomic mass is 10.1. The lowest BCUT2D eigenvalue weighted by molar-refractivity contribution is -0.140. The maximum Gasteiger partial charge on any atom is 0.325 e. The van der Waals surface area contributed by atoms with Crippen LogP contribution in [0, 0.1) is 0 Å². The Labute approximate surface area is 161 Å². The molecule has 0 N–H and O–H groups in total. The van der Waals surface area contributed by atoms with Gasteiger partial charge < -0.3 is 9.64 Å². The van der Waals surface area contributed by atoms with E-state index in [1.807, 2.05) is 41.8 Å². The number of aryl methyl sites for hydroxylation is 1. The van der Waals surface area contributed by atoms with Crippen molar-refractivity contribution in [3.05, 3.63) is 57.9 Å². The largest absolute Gasteiger partial charge is 0.468 e. The standard InChI is InChI=1S/C19H18N2O3S2/c1-3-13-6-8-14(9-7-13)21-18(23)16(11-15-5-4-10-26-15)20(19(21)25)12-17(22)24-2/h4-11H,3,12H2,1-2H3/b16-11-. The summed E-state index contributed by atoms with van der Waals surface area (Å²) in [5.74, 6) is -0.711. The summed E-state index contributed by atoms with van der Waals surface area (Å²) in [6.45, 7) is 1.96. The molecule has 0 bridgehead atoms. The highest BCUT2D eigenvalue weighted by Crippen LogP contribution is 2.30. The fourth-order valence-electron chi connectivity index (χ4n) is 2.64. The first kappa shape index (κ1) is 18.3. The Morgan fingerprint density at radius 3 is 2.58 bits per heavy atom. The molecule has 2 aromatic rings. The molecule has 1 aliphatic rings. The van der Waals surface area contributed by atoms with Crippen molar-refractivity contribution in [1.29, 1.82) is 0 Å². The number of carbonyl (C=O) groups is 2. The van der Waals surface area contributed by atoms with Gasteiger partial charge in [-0.3, -0.25) is 14.5 Å². The molecule has 1 fully saturated rings. The van der Waals surface area contributed by atoms with E-state index in [0.717, 1.165) is 11.3 Å². The summed E-state index contributed by atoms with van der Waals surface area (Å²) < 4.78 is 4.76. The molecular formula is C19H18N2O3S2. The Bertz CT molecular complexity index is 857. The average molecular weight is 386 g/mol. The number of carbonyl (C=O) groups excluding carboxylic acids is 2. The topological polar surface area (TPSA) is 49.9 Å². The van der Waals surface area contributed by atoms with Gasteiger partial charge in [0.25, 0.3) is 5.91 Å². The van der Waals surface area contributed by atoms with E-state index in [2.05, 4.69) is 6.92 Å². The van der Waals surface area contributed by atoms with Crippen LogP contribution in [0.4, 0.5) is 5.69 Å². The molecule has 5 nitrogen and oxygen atoms in total. The zero-order valence-corrected chi connectivity index (χ0v) is 16.1. The highest BCUT2D eigenvalue weighted by Gasteiger charge is 2.40. The third-order valence-electron chi connectivity index (χ3n) is 4.08. The number of nitrogens with zero attached hydrogens (tertiary/aromatic N) is 2. The van der Waals surface area contributed by atoms with E-state index in [1.165, 1.54) is 33.8 Å². The van der Waals surface area contributed by atoms with E-state index in [1.54, 1.807) is 6.08 Å². The number of ether oxygens (including phenoxy) is 1. The Morgan fingerprint density at radius 2 is 2.00 bits per heavy atom.